The van der Waals surface area contributed by atoms with Crippen molar-refractivity contribution >= 4 is 5.91 Å². The Bertz CT molecular complexity index is 1270. The lowest BCUT2D eigenvalue weighted by molar-refractivity contribution is 0.0694. The van der Waals surface area contributed by atoms with Gasteiger partial charge in [0.2, 0.25) is 0 Å². The molecule has 0 atom stereocenters. The molecule has 1 fully saturated rings. The summed E-state index contributed by atoms with van der Waals surface area (Å²) in [5.74, 6) is -0.153. The molecule has 3 aromatic heterocycles. The molecule has 0 radical (unpaired) electrons. The molecule has 1 amide bonds. The zero-order valence-electron chi connectivity index (χ0n) is 19.4. The van der Waals surface area contributed by atoms with Crippen molar-refractivity contribution in [2.24, 2.45) is 7.05 Å². The molecule has 5 rings (SSSR count). The predicted octanol–water partition coefficient (Wildman–Crippen LogP) is 3.48. The van der Waals surface area contributed by atoms with Crippen LogP contribution >= 0.6 is 0 Å². The zero-order chi connectivity index (χ0) is 23.5. The Balaban J connectivity index is 1.46. The third-order valence-electron chi connectivity index (χ3n) is 6.23. The number of hydrogen-bond acceptors (Lipinski definition) is 5. The molecular weight excluding hydrogens is 428 g/mol. The molecule has 1 aromatic carbocycles. The molecule has 1 aliphatic heterocycles. The lowest BCUT2D eigenvalue weighted by Gasteiger charge is -2.23. The van der Waals surface area contributed by atoms with Crippen LogP contribution < -0.4 is 5.32 Å². The van der Waals surface area contributed by atoms with Gasteiger partial charge in [-0.25, -0.2) is 9.67 Å². The number of amides is 1. The molecule has 8 nitrogen and oxygen atoms in total. The number of nitrogens with zero attached hydrogens (tertiary/aromatic N) is 5. The van der Waals surface area contributed by atoms with Crippen LogP contribution in [-0.4, -0.2) is 49.7 Å². The second-order valence-corrected chi connectivity index (χ2v) is 8.67. The summed E-state index contributed by atoms with van der Waals surface area (Å²) < 4.78 is 9.00. The van der Waals surface area contributed by atoms with Gasteiger partial charge in [-0.15, -0.1) is 0 Å². The summed E-state index contributed by atoms with van der Waals surface area (Å²) in [5, 5.41) is 12.0. The maximum atomic E-state index is 13.1. The Kier molecular flexibility index (Phi) is 6.22. The van der Waals surface area contributed by atoms with Crippen molar-refractivity contribution in [1.29, 1.82) is 0 Å². The minimum atomic E-state index is -0.153. The maximum Gasteiger partial charge on any atom is 0.270 e. The fraction of sp³-hybridized carbons (Fsp3) is 0.308. The van der Waals surface area contributed by atoms with E-state index in [-0.39, 0.29) is 11.9 Å². The first-order chi connectivity index (χ1) is 16.6. The van der Waals surface area contributed by atoms with Crippen molar-refractivity contribution in [1.82, 2.24) is 29.9 Å². The zero-order valence-corrected chi connectivity index (χ0v) is 19.4. The van der Waals surface area contributed by atoms with Crippen LogP contribution in [0, 0.1) is 6.92 Å². The van der Waals surface area contributed by atoms with Crippen LogP contribution in [0.4, 0.5) is 0 Å². The Morgan fingerprint density at radius 2 is 1.94 bits per heavy atom. The second-order valence-electron chi connectivity index (χ2n) is 8.67. The minimum Gasteiger partial charge on any atom is -0.381 e. The number of carbonyl (C=O) groups excluding carboxylic acids is 1. The van der Waals surface area contributed by atoms with Gasteiger partial charge in [0.1, 0.15) is 11.4 Å². The minimum absolute atomic E-state index is 0.112. The van der Waals surface area contributed by atoms with Crippen LogP contribution in [0.2, 0.25) is 0 Å². The summed E-state index contributed by atoms with van der Waals surface area (Å²) in [6, 6.07) is 14.2. The summed E-state index contributed by atoms with van der Waals surface area (Å²) in [6.07, 6.45) is 7.90. The number of hydrogen-bond donors (Lipinski definition) is 1. The van der Waals surface area contributed by atoms with E-state index in [4.69, 9.17) is 9.72 Å². The predicted molar refractivity (Wildman–Crippen MR) is 129 cm³/mol. The van der Waals surface area contributed by atoms with Crippen LogP contribution in [-0.2, 0) is 18.2 Å². The Labute approximate surface area is 198 Å². The van der Waals surface area contributed by atoms with Gasteiger partial charge in [0, 0.05) is 44.9 Å². The van der Waals surface area contributed by atoms with Crippen LogP contribution in [0.25, 0.3) is 17.1 Å². The van der Waals surface area contributed by atoms with Gasteiger partial charge in [-0.1, -0.05) is 12.1 Å². The van der Waals surface area contributed by atoms with Crippen LogP contribution in [0.15, 0.2) is 61.1 Å². The van der Waals surface area contributed by atoms with Gasteiger partial charge in [0.15, 0.2) is 0 Å². The van der Waals surface area contributed by atoms with Crippen molar-refractivity contribution in [2.75, 3.05) is 13.2 Å². The summed E-state index contributed by atoms with van der Waals surface area (Å²) in [7, 11) is 1.88. The lowest BCUT2D eigenvalue weighted by Crippen LogP contribution is -2.39. The van der Waals surface area contributed by atoms with Gasteiger partial charge in [-0.3, -0.25) is 9.48 Å². The number of carbonyl (C=O) groups is 1. The molecule has 4 aromatic rings. The van der Waals surface area contributed by atoms with Gasteiger partial charge in [0.05, 0.1) is 11.4 Å². The average molecular weight is 457 g/mol. The Morgan fingerprint density at radius 3 is 2.62 bits per heavy atom. The third kappa shape index (κ3) is 4.77. The van der Waals surface area contributed by atoms with Crippen LogP contribution in [0.1, 0.15) is 40.0 Å². The van der Waals surface area contributed by atoms with E-state index in [2.05, 4.69) is 39.8 Å². The first-order valence-electron chi connectivity index (χ1n) is 11.5. The van der Waals surface area contributed by atoms with Gasteiger partial charge in [-0.05, 0) is 73.2 Å². The van der Waals surface area contributed by atoms with E-state index in [0.29, 0.717) is 25.3 Å². The summed E-state index contributed by atoms with van der Waals surface area (Å²) in [4.78, 5) is 17.9. The quantitative estimate of drug-likeness (QED) is 0.480. The van der Waals surface area contributed by atoms with Crippen molar-refractivity contribution in [3.05, 3.63) is 83.4 Å². The van der Waals surface area contributed by atoms with Crippen molar-refractivity contribution < 1.29 is 9.53 Å². The second kappa shape index (κ2) is 9.61. The average Bonchev–Trinajstić information content (AvgIpc) is 3.54. The van der Waals surface area contributed by atoms with Crippen molar-refractivity contribution in [2.45, 2.75) is 32.2 Å². The standard InChI is InChI=1S/C26H28N6O2/c1-18-20(16-19-4-6-22(7-5-19)32-12-3-11-27-32)17-24(26(33)28-21-9-14-34-15-10-21)29-25(18)23-8-13-31(2)30-23/h3-8,11-13,17,21H,9-10,14-16H2,1-2H3,(H,28,33). The molecule has 0 unspecified atom stereocenters. The van der Waals surface area contributed by atoms with E-state index < -0.39 is 0 Å². The molecule has 0 spiro atoms. The summed E-state index contributed by atoms with van der Waals surface area (Å²) >= 11 is 0. The Morgan fingerprint density at radius 1 is 1.15 bits per heavy atom. The number of pyridine rings is 1. The van der Waals surface area contributed by atoms with E-state index in [9.17, 15) is 4.79 Å². The first kappa shape index (κ1) is 22.0. The molecule has 1 saturated heterocycles. The van der Waals surface area contributed by atoms with E-state index >= 15 is 0 Å². The highest BCUT2D eigenvalue weighted by Crippen LogP contribution is 2.26. The fourth-order valence-corrected chi connectivity index (χ4v) is 4.26. The van der Waals surface area contributed by atoms with Gasteiger partial charge >= 0.3 is 0 Å². The lowest BCUT2D eigenvalue weighted by atomic mass is 9.97. The van der Waals surface area contributed by atoms with E-state index in [1.807, 2.05) is 49.2 Å². The fourth-order valence-electron chi connectivity index (χ4n) is 4.26. The normalized spacial score (nSPS) is 14.3. The molecule has 0 aliphatic carbocycles. The van der Waals surface area contributed by atoms with Crippen LogP contribution in [0.3, 0.4) is 0 Å². The molecule has 174 valence electrons. The number of nitrogens with one attached hydrogen (secondary N) is 1. The largest absolute Gasteiger partial charge is 0.381 e. The number of aryl methyl sites for hydroxylation is 1. The van der Waals surface area contributed by atoms with Gasteiger partial charge < -0.3 is 10.1 Å². The molecule has 1 aliphatic rings. The topological polar surface area (TPSA) is 86.9 Å². The highest BCUT2D eigenvalue weighted by atomic mass is 16.5. The molecule has 1 N–H and O–H groups in total. The molecule has 0 saturated carbocycles. The Hall–Kier alpha value is -3.78. The van der Waals surface area contributed by atoms with E-state index in [1.54, 1.807) is 10.9 Å². The molecule has 34 heavy (non-hydrogen) atoms. The molecule has 8 heteroatoms. The van der Waals surface area contributed by atoms with E-state index in [0.717, 1.165) is 46.6 Å². The summed E-state index contributed by atoms with van der Waals surface area (Å²) in [5.41, 5.74) is 6.15. The highest BCUT2D eigenvalue weighted by Gasteiger charge is 2.21. The number of benzene rings is 1. The first-order valence-corrected chi connectivity index (χ1v) is 11.5. The maximum absolute atomic E-state index is 13.1. The SMILES string of the molecule is Cc1c(Cc2ccc(-n3cccn3)cc2)cc(C(=O)NC2CCOCC2)nc1-c1ccn(C)n1. The van der Waals surface area contributed by atoms with Gasteiger partial charge in [-0.2, -0.15) is 10.2 Å². The third-order valence-corrected chi connectivity index (χ3v) is 6.23. The number of rotatable bonds is 6. The molecule has 0 bridgehead atoms. The van der Waals surface area contributed by atoms with Gasteiger partial charge in [0.25, 0.3) is 5.91 Å². The number of ether oxygens (including phenoxy) is 1. The van der Waals surface area contributed by atoms with E-state index in [1.165, 1.54) is 0 Å². The smallest absolute Gasteiger partial charge is 0.270 e. The van der Waals surface area contributed by atoms with Crippen LogP contribution in [0.5, 0.6) is 0 Å². The monoisotopic (exact) mass is 456 g/mol. The summed E-state index contributed by atoms with van der Waals surface area (Å²) in [6.45, 7) is 3.39. The highest BCUT2D eigenvalue weighted by molar-refractivity contribution is 5.93. The number of aromatic nitrogens is 5. The molecule has 4 heterocycles. The van der Waals surface area contributed by atoms with Crippen molar-refractivity contribution in [3.8, 4) is 17.1 Å². The molecular formula is C26H28N6O2. The van der Waals surface area contributed by atoms with Crippen molar-refractivity contribution in [3.63, 3.8) is 0 Å².